The fraction of sp³-hybridized carbons (Fsp3) is 0.462. The predicted octanol–water partition coefficient (Wildman–Crippen LogP) is 6.59. The first-order valence-electron chi connectivity index (χ1n) is 12.0. The first-order valence-corrected chi connectivity index (χ1v) is 13.0. The molecule has 1 aliphatic heterocycles. The van der Waals surface area contributed by atoms with Crippen LogP contribution in [0.3, 0.4) is 0 Å². The van der Waals surface area contributed by atoms with Gasteiger partial charge in [-0.15, -0.1) is 11.8 Å². The van der Waals surface area contributed by atoms with Crippen molar-refractivity contribution >= 4 is 22.7 Å². The van der Waals surface area contributed by atoms with E-state index in [2.05, 4.69) is 4.98 Å². The minimum atomic E-state index is -4.39. The van der Waals surface area contributed by atoms with Crippen LogP contribution < -0.4 is 10.2 Å². The lowest BCUT2D eigenvalue weighted by Gasteiger charge is -2.22. The highest BCUT2D eigenvalue weighted by Crippen LogP contribution is 2.31. The highest BCUT2D eigenvalue weighted by molar-refractivity contribution is 7.99. The van der Waals surface area contributed by atoms with Crippen LogP contribution in [0.5, 0.6) is 5.75 Å². The first kappa shape index (κ1) is 26.5. The molecule has 194 valence electrons. The summed E-state index contributed by atoms with van der Waals surface area (Å²) >= 11 is 1.50. The Morgan fingerprint density at radius 1 is 1.08 bits per heavy atom. The molecular formula is C26H28F3NO5S. The van der Waals surface area contributed by atoms with Crippen LogP contribution in [0.25, 0.3) is 10.9 Å². The van der Waals surface area contributed by atoms with E-state index in [1.165, 1.54) is 30.2 Å². The number of benzene rings is 1. The van der Waals surface area contributed by atoms with E-state index in [4.69, 9.17) is 18.6 Å². The van der Waals surface area contributed by atoms with Crippen LogP contribution in [-0.2, 0) is 22.3 Å². The van der Waals surface area contributed by atoms with Crippen molar-refractivity contribution in [2.45, 2.75) is 62.6 Å². The SMILES string of the molecule is O=c1cc(COC2CCCCO2)occ1OCCCCCSc1ccc2ccc(C(F)(F)F)cc2n1. The molecule has 0 spiro atoms. The molecule has 0 radical (unpaired) electrons. The molecule has 3 aromatic rings. The zero-order chi connectivity index (χ0) is 25.4. The molecule has 6 nitrogen and oxygen atoms in total. The first-order chi connectivity index (χ1) is 17.4. The Kier molecular flexibility index (Phi) is 9.28. The molecule has 10 heteroatoms. The van der Waals surface area contributed by atoms with Gasteiger partial charge in [0.25, 0.3) is 0 Å². The van der Waals surface area contributed by atoms with Gasteiger partial charge in [-0.3, -0.25) is 4.79 Å². The molecule has 2 aromatic heterocycles. The number of halogens is 3. The minimum Gasteiger partial charge on any atom is -0.487 e. The van der Waals surface area contributed by atoms with Gasteiger partial charge >= 0.3 is 6.18 Å². The summed E-state index contributed by atoms with van der Waals surface area (Å²) in [7, 11) is 0. The van der Waals surface area contributed by atoms with Crippen LogP contribution >= 0.6 is 11.8 Å². The van der Waals surface area contributed by atoms with Gasteiger partial charge in [0.05, 0.1) is 22.7 Å². The molecule has 3 heterocycles. The van der Waals surface area contributed by atoms with E-state index in [9.17, 15) is 18.0 Å². The lowest BCUT2D eigenvalue weighted by molar-refractivity contribution is -0.171. The molecule has 4 rings (SSSR count). The van der Waals surface area contributed by atoms with Gasteiger partial charge in [-0.05, 0) is 62.5 Å². The topological polar surface area (TPSA) is 70.8 Å². The number of ether oxygens (including phenoxy) is 3. The van der Waals surface area contributed by atoms with Gasteiger partial charge in [0.2, 0.25) is 11.2 Å². The standard InChI is InChI=1S/C26H28F3NO5S/c27-26(28,29)19-9-7-18-8-10-24(30-21(18)14-19)36-13-5-1-3-11-32-23-17-34-20(15-22(23)31)16-35-25-6-2-4-12-33-25/h7-10,14-15,17,25H,1-6,11-13,16H2. The Bertz CT molecular complexity index is 1190. The third-order valence-corrected chi connectivity index (χ3v) is 6.71. The van der Waals surface area contributed by atoms with Gasteiger partial charge in [-0.25, -0.2) is 4.98 Å². The van der Waals surface area contributed by atoms with Crippen LogP contribution in [0.15, 0.2) is 56.9 Å². The number of rotatable bonds is 11. The fourth-order valence-corrected chi connectivity index (χ4v) is 4.62. The second-order valence-electron chi connectivity index (χ2n) is 8.49. The van der Waals surface area contributed by atoms with E-state index >= 15 is 0 Å². The van der Waals surface area contributed by atoms with Gasteiger partial charge in [-0.2, -0.15) is 13.2 Å². The van der Waals surface area contributed by atoms with Crippen LogP contribution in [0.4, 0.5) is 13.2 Å². The van der Waals surface area contributed by atoms with E-state index in [1.807, 2.05) is 6.07 Å². The quantitative estimate of drug-likeness (QED) is 0.207. The van der Waals surface area contributed by atoms with Crippen molar-refractivity contribution in [3.8, 4) is 5.75 Å². The Morgan fingerprint density at radius 2 is 1.94 bits per heavy atom. The summed E-state index contributed by atoms with van der Waals surface area (Å²) in [6, 6.07) is 8.57. The van der Waals surface area contributed by atoms with Crippen molar-refractivity contribution in [2.75, 3.05) is 19.0 Å². The number of hydrogen-bond acceptors (Lipinski definition) is 7. The molecule has 0 N–H and O–H groups in total. The van der Waals surface area contributed by atoms with Gasteiger partial charge in [0.1, 0.15) is 18.6 Å². The molecule has 1 aromatic carbocycles. The number of aromatic nitrogens is 1. The Morgan fingerprint density at radius 3 is 2.72 bits per heavy atom. The van der Waals surface area contributed by atoms with E-state index in [0.29, 0.717) is 34.9 Å². The Balaban J connectivity index is 1.14. The Hall–Kier alpha value is -2.56. The summed E-state index contributed by atoms with van der Waals surface area (Å²) < 4.78 is 60.9. The maximum Gasteiger partial charge on any atom is 0.416 e. The van der Waals surface area contributed by atoms with E-state index in [1.54, 1.807) is 6.07 Å². The maximum atomic E-state index is 12.9. The summed E-state index contributed by atoms with van der Waals surface area (Å²) in [6.07, 6.45) is 2.12. The zero-order valence-electron chi connectivity index (χ0n) is 19.7. The third-order valence-electron chi connectivity index (χ3n) is 5.69. The number of nitrogens with zero attached hydrogens (tertiary/aromatic N) is 1. The van der Waals surface area contributed by atoms with Crippen molar-refractivity contribution < 1.29 is 31.8 Å². The average molecular weight is 524 g/mol. The van der Waals surface area contributed by atoms with Crippen molar-refractivity contribution in [2.24, 2.45) is 0 Å². The van der Waals surface area contributed by atoms with Crippen LogP contribution in [0.1, 0.15) is 49.8 Å². The number of fused-ring (bicyclic) bond motifs is 1. The van der Waals surface area contributed by atoms with Gasteiger partial charge in [0, 0.05) is 18.1 Å². The third kappa shape index (κ3) is 7.72. The average Bonchev–Trinajstić information content (AvgIpc) is 2.87. The normalized spacial score (nSPS) is 16.4. The highest BCUT2D eigenvalue weighted by Gasteiger charge is 2.30. The zero-order valence-corrected chi connectivity index (χ0v) is 20.5. The molecule has 1 aliphatic rings. The molecule has 0 bridgehead atoms. The smallest absolute Gasteiger partial charge is 0.416 e. The van der Waals surface area contributed by atoms with Crippen molar-refractivity contribution in [3.63, 3.8) is 0 Å². The summed E-state index contributed by atoms with van der Waals surface area (Å²) in [5.41, 5.74) is -0.617. The molecule has 1 unspecified atom stereocenters. The van der Waals surface area contributed by atoms with Crippen LogP contribution in [0, 0.1) is 0 Å². The minimum absolute atomic E-state index is 0.167. The monoisotopic (exact) mass is 523 g/mol. The molecule has 0 amide bonds. The van der Waals surface area contributed by atoms with Gasteiger partial charge < -0.3 is 18.6 Å². The number of hydrogen-bond donors (Lipinski definition) is 0. The van der Waals surface area contributed by atoms with Gasteiger partial charge in [-0.1, -0.05) is 12.1 Å². The van der Waals surface area contributed by atoms with Crippen molar-refractivity contribution in [3.05, 3.63) is 64.2 Å². The van der Waals surface area contributed by atoms with E-state index in [-0.39, 0.29) is 24.1 Å². The van der Waals surface area contributed by atoms with Crippen molar-refractivity contribution in [1.82, 2.24) is 4.98 Å². The largest absolute Gasteiger partial charge is 0.487 e. The van der Waals surface area contributed by atoms with Crippen LogP contribution in [0.2, 0.25) is 0 Å². The second kappa shape index (κ2) is 12.6. The molecule has 1 saturated heterocycles. The summed E-state index contributed by atoms with van der Waals surface area (Å²) in [4.78, 5) is 16.6. The predicted molar refractivity (Wildman–Crippen MR) is 130 cm³/mol. The lowest BCUT2D eigenvalue weighted by Crippen LogP contribution is -2.22. The maximum absolute atomic E-state index is 12.9. The summed E-state index contributed by atoms with van der Waals surface area (Å²) in [6.45, 7) is 1.25. The molecule has 1 fully saturated rings. The number of pyridine rings is 1. The van der Waals surface area contributed by atoms with E-state index < -0.39 is 11.7 Å². The van der Waals surface area contributed by atoms with Crippen molar-refractivity contribution in [1.29, 1.82) is 0 Å². The number of thioether (sulfide) groups is 1. The van der Waals surface area contributed by atoms with Crippen LogP contribution in [-0.4, -0.2) is 30.2 Å². The Labute approximate surface area is 211 Å². The second-order valence-corrected chi connectivity index (χ2v) is 9.61. The molecule has 0 saturated carbocycles. The molecule has 1 atom stereocenters. The fourth-order valence-electron chi connectivity index (χ4n) is 3.73. The highest BCUT2D eigenvalue weighted by atomic mass is 32.2. The van der Waals surface area contributed by atoms with Gasteiger partial charge in [0.15, 0.2) is 6.29 Å². The van der Waals surface area contributed by atoms with E-state index in [0.717, 1.165) is 56.4 Å². The summed E-state index contributed by atoms with van der Waals surface area (Å²) in [5, 5.41) is 1.36. The molecule has 36 heavy (non-hydrogen) atoms. The lowest BCUT2D eigenvalue weighted by atomic mass is 10.1. The number of alkyl halides is 3. The molecular weight excluding hydrogens is 495 g/mol. The number of unbranched alkanes of at least 4 members (excludes halogenated alkanes) is 2. The molecule has 0 aliphatic carbocycles. The summed E-state index contributed by atoms with van der Waals surface area (Å²) in [5.74, 6) is 1.37.